The summed E-state index contributed by atoms with van der Waals surface area (Å²) in [7, 11) is 0. The number of amides is 2. The molecular formula is C14H20N4O4S. The first-order valence-corrected chi connectivity index (χ1v) is 8.38. The zero-order chi connectivity index (χ0) is 16.4. The Balaban J connectivity index is 1.73. The van der Waals surface area contributed by atoms with E-state index in [9.17, 15) is 9.59 Å². The van der Waals surface area contributed by atoms with Gasteiger partial charge in [-0.15, -0.1) is 5.10 Å². The van der Waals surface area contributed by atoms with Crippen LogP contribution in [0, 0.1) is 6.92 Å². The number of carbonyl (C=O) groups excluding carboxylic acids is 2. The van der Waals surface area contributed by atoms with Gasteiger partial charge in [0.15, 0.2) is 5.60 Å². The van der Waals surface area contributed by atoms with Crippen LogP contribution in [-0.2, 0) is 14.3 Å². The first-order chi connectivity index (χ1) is 11.0. The number of aryl methyl sites for hydroxylation is 1. The van der Waals surface area contributed by atoms with Crippen LogP contribution in [0.25, 0.3) is 0 Å². The van der Waals surface area contributed by atoms with Gasteiger partial charge in [0.1, 0.15) is 4.88 Å². The lowest BCUT2D eigenvalue weighted by atomic mass is 10.0. The quantitative estimate of drug-likeness (QED) is 0.750. The lowest BCUT2D eigenvalue weighted by Gasteiger charge is -2.42. The third-order valence-electron chi connectivity index (χ3n) is 4.16. The van der Waals surface area contributed by atoms with Gasteiger partial charge < -0.3 is 19.3 Å². The maximum atomic E-state index is 12.8. The zero-order valence-electron chi connectivity index (χ0n) is 13.3. The number of nitrogens with zero attached hydrogens (tertiary/aromatic N) is 4. The van der Waals surface area contributed by atoms with E-state index < -0.39 is 5.60 Å². The number of ether oxygens (including phenoxy) is 2. The fourth-order valence-corrected chi connectivity index (χ4v) is 3.47. The standard InChI is InChI=1S/C14H20N4O4S/c1-10-11(23-16-15-10)12(19)18-5-8-22-14(2,9-18)13(20)17-3-6-21-7-4-17/h3-9H2,1-2H3/t14-/m1/s1. The van der Waals surface area contributed by atoms with Crippen molar-refractivity contribution in [3.8, 4) is 0 Å². The molecule has 2 aliphatic heterocycles. The van der Waals surface area contributed by atoms with E-state index in [4.69, 9.17) is 9.47 Å². The number of hydrogen-bond donors (Lipinski definition) is 0. The van der Waals surface area contributed by atoms with E-state index in [1.54, 1.807) is 23.6 Å². The molecule has 0 unspecified atom stereocenters. The van der Waals surface area contributed by atoms with E-state index in [-0.39, 0.29) is 18.4 Å². The van der Waals surface area contributed by atoms with Crippen LogP contribution in [0.5, 0.6) is 0 Å². The van der Waals surface area contributed by atoms with Crippen molar-refractivity contribution in [3.63, 3.8) is 0 Å². The third-order valence-corrected chi connectivity index (χ3v) is 4.97. The van der Waals surface area contributed by atoms with Gasteiger partial charge in [-0.3, -0.25) is 9.59 Å². The Morgan fingerprint density at radius 3 is 2.52 bits per heavy atom. The monoisotopic (exact) mass is 340 g/mol. The Morgan fingerprint density at radius 2 is 1.87 bits per heavy atom. The van der Waals surface area contributed by atoms with Crippen LogP contribution >= 0.6 is 11.5 Å². The molecule has 2 saturated heterocycles. The zero-order valence-corrected chi connectivity index (χ0v) is 14.1. The maximum absolute atomic E-state index is 12.8. The molecule has 23 heavy (non-hydrogen) atoms. The van der Waals surface area contributed by atoms with Crippen LogP contribution in [0.15, 0.2) is 0 Å². The normalized spacial score (nSPS) is 25.5. The number of hydrogen-bond acceptors (Lipinski definition) is 7. The summed E-state index contributed by atoms with van der Waals surface area (Å²) >= 11 is 1.08. The van der Waals surface area contributed by atoms with E-state index in [0.717, 1.165) is 11.5 Å². The molecule has 3 heterocycles. The first-order valence-electron chi connectivity index (χ1n) is 7.60. The maximum Gasteiger partial charge on any atom is 0.267 e. The van der Waals surface area contributed by atoms with Gasteiger partial charge in [-0.05, 0) is 25.4 Å². The fraction of sp³-hybridized carbons (Fsp3) is 0.714. The summed E-state index contributed by atoms with van der Waals surface area (Å²) in [5.41, 5.74) is -0.398. The minimum Gasteiger partial charge on any atom is -0.378 e. The average molecular weight is 340 g/mol. The molecule has 1 atom stereocenters. The summed E-state index contributed by atoms with van der Waals surface area (Å²) in [5.74, 6) is -0.223. The van der Waals surface area contributed by atoms with Crippen LogP contribution < -0.4 is 0 Å². The molecule has 9 heteroatoms. The number of morpholine rings is 2. The van der Waals surface area contributed by atoms with Gasteiger partial charge >= 0.3 is 0 Å². The van der Waals surface area contributed by atoms with Crippen LogP contribution in [0.4, 0.5) is 0 Å². The molecule has 0 aromatic carbocycles. The van der Waals surface area contributed by atoms with Gasteiger partial charge in [0, 0.05) is 19.6 Å². The van der Waals surface area contributed by atoms with Gasteiger partial charge in [-0.25, -0.2) is 0 Å². The van der Waals surface area contributed by atoms with Crippen molar-refractivity contribution in [1.82, 2.24) is 19.4 Å². The van der Waals surface area contributed by atoms with Crippen molar-refractivity contribution in [2.45, 2.75) is 19.4 Å². The Bertz CT molecular complexity index is 601. The molecule has 0 saturated carbocycles. The molecule has 0 spiro atoms. The van der Waals surface area contributed by atoms with E-state index >= 15 is 0 Å². The molecule has 2 fully saturated rings. The second-order valence-electron chi connectivity index (χ2n) is 5.90. The topological polar surface area (TPSA) is 84.9 Å². The van der Waals surface area contributed by atoms with Crippen LogP contribution in [-0.4, -0.2) is 82.8 Å². The Morgan fingerprint density at radius 1 is 1.17 bits per heavy atom. The van der Waals surface area contributed by atoms with Crippen molar-refractivity contribution in [1.29, 1.82) is 0 Å². The predicted molar refractivity (Wildman–Crippen MR) is 82.3 cm³/mol. The van der Waals surface area contributed by atoms with Crippen LogP contribution in [0.3, 0.4) is 0 Å². The minimum atomic E-state index is -1.02. The highest BCUT2D eigenvalue weighted by molar-refractivity contribution is 7.07. The van der Waals surface area contributed by atoms with Crippen LogP contribution in [0.2, 0.25) is 0 Å². The highest BCUT2D eigenvalue weighted by Gasteiger charge is 2.43. The fourth-order valence-electron chi connectivity index (χ4n) is 2.84. The number of rotatable bonds is 2. The van der Waals surface area contributed by atoms with Gasteiger partial charge in [0.25, 0.3) is 11.8 Å². The van der Waals surface area contributed by atoms with E-state index in [2.05, 4.69) is 9.59 Å². The highest BCUT2D eigenvalue weighted by atomic mass is 32.1. The minimum absolute atomic E-state index is 0.0857. The first kappa shape index (κ1) is 16.3. The second kappa shape index (κ2) is 6.50. The molecule has 126 valence electrons. The molecule has 0 bridgehead atoms. The smallest absolute Gasteiger partial charge is 0.267 e. The Hall–Kier alpha value is -1.58. The summed E-state index contributed by atoms with van der Waals surface area (Å²) in [6, 6.07) is 0. The number of aromatic nitrogens is 2. The van der Waals surface area contributed by atoms with Gasteiger partial charge in [0.2, 0.25) is 0 Å². The molecule has 2 aliphatic rings. The molecular weight excluding hydrogens is 320 g/mol. The van der Waals surface area contributed by atoms with Crippen molar-refractivity contribution in [3.05, 3.63) is 10.6 Å². The molecule has 0 radical (unpaired) electrons. The second-order valence-corrected chi connectivity index (χ2v) is 6.65. The van der Waals surface area contributed by atoms with Gasteiger partial charge in [-0.2, -0.15) is 0 Å². The SMILES string of the molecule is Cc1nnsc1C(=O)N1CCO[C@@](C)(C(=O)N2CCOCC2)C1. The predicted octanol–water partition coefficient (Wildman–Crippen LogP) is -0.0636. The van der Waals surface area contributed by atoms with E-state index in [1.165, 1.54) is 0 Å². The molecule has 8 nitrogen and oxygen atoms in total. The van der Waals surface area contributed by atoms with Gasteiger partial charge in [0.05, 0.1) is 32.1 Å². The van der Waals surface area contributed by atoms with Crippen molar-refractivity contribution < 1.29 is 19.1 Å². The summed E-state index contributed by atoms with van der Waals surface area (Å²) in [4.78, 5) is 29.3. The molecule has 1 aromatic rings. The molecule has 0 N–H and O–H groups in total. The van der Waals surface area contributed by atoms with Crippen molar-refractivity contribution in [2.75, 3.05) is 46.0 Å². The molecule has 3 rings (SSSR count). The van der Waals surface area contributed by atoms with Gasteiger partial charge in [-0.1, -0.05) is 4.49 Å². The third kappa shape index (κ3) is 3.22. The largest absolute Gasteiger partial charge is 0.378 e. The average Bonchev–Trinajstić information content (AvgIpc) is 3.00. The molecule has 2 amide bonds. The van der Waals surface area contributed by atoms with Crippen molar-refractivity contribution in [2.24, 2.45) is 0 Å². The van der Waals surface area contributed by atoms with E-state index in [0.29, 0.717) is 50.0 Å². The summed E-state index contributed by atoms with van der Waals surface area (Å²) in [5, 5.41) is 3.88. The summed E-state index contributed by atoms with van der Waals surface area (Å²) in [6.07, 6.45) is 0. The molecule has 1 aromatic heterocycles. The number of carbonyl (C=O) groups is 2. The Kier molecular flexibility index (Phi) is 4.60. The van der Waals surface area contributed by atoms with Crippen molar-refractivity contribution >= 4 is 23.3 Å². The lowest BCUT2D eigenvalue weighted by Crippen LogP contribution is -2.61. The molecule has 0 aliphatic carbocycles. The summed E-state index contributed by atoms with van der Waals surface area (Å²) in [6.45, 7) is 6.74. The summed E-state index contributed by atoms with van der Waals surface area (Å²) < 4.78 is 14.8. The van der Waals surface area contributed by atoms with Crippen LogP contribution in [0.1, 0.15) is 22.3 Å². The lowest BCUT2D eigenvalue weighted by molar-refractivity contribution is -0.168. The Labute approximate surface area is 138 Å². The highest BCUT2D eigenvalue weighted by Crippen LogP contribution is 2.24. The van der Waals surface area contributed by atoms with E-state index in [1.807, 2.05) is 0 Å².